The number of hydrogen-bond donors (Lipinski definition) is 0. The molecular weight excluding hydrogens is 358 g/mol. The molecule has 27 heavy (non-hydrogen) atoms. The minimum Gasteiger partial charge on any atom is -0.372 e. The average molecular weight is 382 g/mol. The van der Waals surface area contributed by atoms with Gasteiger partial charge in [0, 0.05) is 37.7 Å². The smallest absolute Gasteiger partial charge is 0.206 e. The molecule has 0 amide bonds. The first kappa shape index (κ1) is 17.8. The molecule has 0 radical (unpaired) electrons. The van der Waals surface area contributed by atoms with Gasteiger partial charge in [0.15, 0.2) is 0 Å². The highest BCUT2D eigenvalue weighted by atomic mass is 32.2. The van der Waals surface area contributed by atoms with Crippen molar-refractivity contribution in [1.82, 2.24) is 9.55 Å². The predicted octanol–water partition coefficient (Wildman–Crippen LogP) is 3.75. The van der Waals surface area contributed by atoms with E-state index in [9.17, 15) is 8.42 Å². The topological polar surface area (TPSA) is 55.2 Å². The lowest BCUT2D eigenvalue weighted by molar-refractivity contribution is 0.577. The maximum Gasteiger partial charge on any atom is 0.206 e. The summed E-state index contributed by atoms with van der Waals surface area (Å²) >= 11 is 0. The van der Waals surface area contributed by atoms with E-state index in [2.05, 4.69) is 9.88 Å². The summed E-state index contributed by atoms with van der Waals surface area (Å²) in [5.41, 5.74) is 2.03. The summed E-state index contributed by atoms with van der Waals surface area (Å²) in [5, 5.41) is 0. The fourth-order valence-electron chi connectivity index (χ4n) is 3.50. The molecule has 4 rings (SSSR count). The van der Waals surface area contributed by atoms with Crippen LogP contribution in [0.4, 0.5) is 5.69 Å². The van der Waals surface area contributed by atoms with E-state index in [1.54, 1.807) is 36.8 Å². The molecule has 0 saturated carbocycles. The summed E-state index contributed by atoms with van der Waals surface area (Å²) in [6.45, 7) is 2.66. The van der Waals surface area contributed by atoms with E-state index in [-0.39, 0.29) is 0 Å². The third kappa shape index (κ3) is 3.90. The molecule has 0 aliphatic carbocycles. The van der Waals surface area contributed by atoms with Crippen LogP contribution in [-0.2, 0) is 16.4 Å². The highest BCUT2D eigenvalue weighted by Crippen LogP contribution is 2.27. The third-order valence-corrected chi connectivity index (χ3v) is 6.77. The number of nitrogens with zero attached hydrogens (tertiary/aromatic N) is 3. The van der Waals surface area contributed by atoms with Gasteiger partial charge in [-0.05, 0) is 55.2 Å². The van der Waals surface area contributed by atoms with Gasteiger partial charge in [-0.3, -0.25) is 0 Å². The van der Waals surface area contributed by atoms with Crippen LogP contribution in [0.25, 0.3) is 0 Å². The van der Waals surface area contributed by atoms with Crippen molar-refractivity contribution >= 4 is 15.5 Å². The van der Waals surface area contributed by atoms with Crippen LogP contribution in [0.2, 0.25) is 0 Å². The molecule has 1 aromatic heterocycles. The Kier molecular flexibility index (Phi) is 4.99. The van der Waals surface area contributed by atoms with Crippen molar-refractivity contribution in [3.8, 4) is 0 Å². The fraction of sp³-hybridized carbons (Fsp3) is 0.286. The Morgan fingerprint density at radius 2 is 1.70 bits per heavy atom. The Balaban J connectivity index is 1.57. The number of sulfone groups is 1. The standard InChI is InChI=1S/C21H23N3O2S/c25-27(26,20-9-7-18(8-10-20)16-23-14-11-22-17-23)21-6-4-5-19(15-21)24-12-2-1-3-13-24/h4-11,14-15,17H,1-3,12-13,16H2. The average Bonchev–Trinajstić information content (AvgIpc) is 3.22. The van der Waals surface area contributed by atoms with Crippen molar-refractivity contribution in [1.29, 1.82) is 0 Å². The van der Waals surface area contributed by atoms with Crippen molar-refractivity contribution in [2.75, 3.05) is 18.0 Å². The summed E-state index contributed by atoms with van der Waals surface area (Å²) in [7, 11) is -3.52. The molecule has 5 nitrogen and oxygen atoms in total. The Morgan fingerprint density at radius 3 is 2.41 bits per heavy atom. The van der Waals surface area contributed by atoms with Gasteiger partial charge in [-0.25, -0.2) is 13.4 Å². The predicted molar refractivity (Wildman–Crippen MR) is 106 cm³/mol. The van der Waals surface area contributed by atoms with Crippen molar-refractivity contribution < 1.29 is 8.42 Å². The number of benzene rings is 2. The molecular formula is C21H23N3O2S. The lowest BCUT2D eigenvalue weighted by Gasteiger charge is -2.29. The van der Waals surface area contributed by atoms with Gasteiger partial charge >= 0.3 is 0 Å². The first-order chi connectivity index (χ1) is 13.1. The maximum absolute atomic E-state index is 13.1. The minimum absolute atomic E-state index is 0.327. The van der Waals surface area contributed by atoms with Crippen molar-refractivity contribution in [2.24, 2.45) is 0 Å². The second-order valence-corrected chi connectivity index (χ2v) is 8.88. The fourth-order valence-corrected chi connectivity index (χ4v) is 4.80. The first-order valence-electron chi connectivity index (χ1n) is 9.28. The van der Waals surface area contributed by atoms with E-state index in [0.717, 1.165) is 37.2 Å². The van der Waals surface area contributed by atoms with Crippen LogP contribution in [0, 0.1) is 0 Å². The third-order valence-electron chi connectivity index (χ3n) is 5.01. The molecule has 0 unspecified atom stereocenters. The number of piperidine rings is 1. The molecule has 0 atom stereocenters. The van der Waals surface area contributed by atoms with Crippen LogP contribution in [0.1, 0.15) is 24.8 Å². The summed E-state index contributed by atoms with van der Waals surface area (Å²) in [4.78, 5) is 6.98. The van der Waals surface area contributed by atoms with Gasteiger partial charge in [-0.1, -0.05) is 18.2 Å². The van der Waals surface area contributed by atoms with Crippen LogP contribution < -0.4 is 4.90 Å². The second kappa shape index (κ2) is 7.56. The van der Waals surface area contributed by atoms with E-state index < -0.39 is 9.84 Å². The van der Waals surface area contributed by atoms with Crippen molar-refractivity contribution in [2.45, 2.75) is 35.6 Å². The Morgan fingerprint density at radius 1 is 0.926 bits per heavy atom. The van der Waals surface area contributed by atoms with Gasteiger partial charge in [0.05, 0.1) is 16.1 Å². The molecule has 1 aliphatic rings. The number of hydrogen-bond acceptors (Lipinski definition) is 4. The molecule has 3 aromatic rings. The van der Waals surface area contributed by atoms with Gasteiger partial charge < -0.3 is 9.47 Å². The van der Waals surface area contributed by atoms with E-state index in [0.29, 0.717) is 16.3 Å². The van der Waals surface area contributed by atoms with Crippen LogP contribution in [0.15, 0.2) is 77.0 Å². The summed E-state index contributed by atoms with van der Waals surface area (Å²) in [6, 6.07) is 14.4. The first-order valence-corrected chi connectivity index (χ1v) is 10.8. The lowest BCUT2D eigenvalue weighted by atomic mass is 10.1. The molecule has 2 aromatic carbocycles. The normalized spacial score (nSPS) is 15.0. The molecule has 1 saturated heterocycles. The lowest BCUT2D eigenvalue weighted by Crippen LogP contribution is -2.29. The zero-order chi connectivity index (χ0) is 18.7. The molecule has 1 fully saturated rings. The quantitative estimate of drug-likeness (QED) is 0.675. The van der Waals surface area contributed by atoms with Gasteiger partial charge in [0.25, 0.3) is 0 Å². The minimum atomic E-state index is -3.52. The Labute approximate surface area is 160 Å². The van der Waals surface area contributed by atoms with Gasteiger partial charge in [-0.2, -0.15) is 0 Å². The van der Waals surface area contributed by atoms with Crippen molar-refractivity contribution in [3.63, 3.8) is 0 Å². The number of anilines is 1. The van der Waals surface area contributed by atoms with Crippen molar-refractivity contribution in [3.05, 3.63) is 72.8 Å². The van der Waals surface area contributed by atoms with Gasteiger partial charge in [0.2, 0.25) is 9.84 Å². The largest absolute Gasteiger partial charge is 0.372 e. The number of rotatable bonds is 5. The highest BCUT2D eigenvalue weighted by molar-refractivity contribution is 7.91. The van der Waals surface area contributed by atoms with Crippen LogP contribution >= 0.6 is 0 Å². The van der Waals surface area contributed by atoms with Gasteiger partial charge in [0.1, 0.15) is 0 Å². The molecule has 140 valence electrons. The SMILES string of the molecule is O=S(=O)(c1ccc(Cn2ccnc2)cc1)c1cccc(N2CCCCC2)c1. The second-order valence-electron chi connectivity index (χ2n) is 6.93. The highest BCUT2D eigenvalue weighted by Gasteiger charge is 2.19. The molecule has 0 spiro atoms. The Hall–Kier alpha value is -2.60. The van der Waals surface area contributed by atoms with E-state index in [1.165, 1.54) is 6.42 Å². The van der Waals surface area contributed by atoms with Crippen LogP contribution in [0.3, 0.4) is 0 Å². The molecule has 0 bridgehead atoms. The van der Waals surface area contributed by atoms with E-state index in [1.807, 2.05) is 35.0 Å². The van der Waals surface area contributed by atoms with Crippen LogP contribution in [-0.4, -0.2) is 31.1 Å². The van der Waals surface area contributed by atoms with E-state index >= 15 is 0 Å². The molecule has 0 N–H and O–H groups in total. The molecule has 6 heteroatoms. The monoisotopic (exact) mass is 381 g/mol. The number of imidazole rings is 1. The molecule has 1 aliphatic heterocycles. The molecule has 2 heterocycles. The zero-order valence-corrected chi connectivity index (χ0v) is 16.0. The maximum atomic E-state index is 13.1. The zero-order valence-electron chi connectivity index (χ0n) is 15.2. The Bertz CT molecular complexity index is 990. The van der Waals surface area contributed by atoms with E-state index in [4.69, 9.17) is 0 Å². The summed E-state index contributed by atoms with van der Waals surface area (Å²) in [6.07, 6.45) is 8.94. The van der Waals surface area contributed by atoms with Crippen LogP contribution in [0.5, 0.6) is 0 Å². The summed E-state index contributed by atoms with van der Waals surface area (Å²) in [5.74, 6) is 0. The number of aromatic nitrogens is 2. The summed E-state index contributed by atoms with van der Waals surface area (Å²) < 4.78 is 28.1. The van der Waals surface area contributed by atoms with Gasteiger partial charge in [-0.15, -0.1) is 0 Å².